The third kappa shape index (κ3) is 4.10. The molecule has 3 N–H and O–H groups in total. The second-order valence-corrected chi connectivity index (χ2v) is 5.92. The highest BCUT2D eigenvalue weighted by atomic mass is 16.2. The van der Waals surface area contributed by atoms with Crippen molar-refractivity contribution >= 4 is 6.03 Å². The first-order valence-electron chi connectivity index (χ1n) is 7.81. The Bertz CT molecular complexity index is 273. The van der Waals surface area contributed by atoms with E-state index in [4.69, 9.17) is 5.73 Å². The summed E-state index contributed by atoms with van der Waals surface area (Å²) in [6, 6.07) is 0.0360. The van der Waals surface area contributed by atoms with Crippen LogP contribution >= 0.6 is 0 Å². The quantitative estimate of drug-likeness (QED) is 0.728. The van der Waals surface area contributed by atoms with Crippen LogP contribution in [-0.4, -0.2) is 36.6 Å². The number of carbonyl (C=O) groups is 1. The molecule has 1 fully saturated rings. The van der Waals surface area contributed by atoms with Crippen molar-refractivity contribution in [3.05, 3.63) is 0 Å². The molecule has 0 aliphatic heterocycles. The highest BCUT2D eigenvalue weighted by Crippen LogP contribution is 2.36. The van der Waals surface area contributed by atoms with E-state index in [1.807, 2.05) is 11.9 Å². The maximum Gasteiger partial charge on any atom is 0.317 e. The Labute approximate surface area is 118 Å². The Morgan fingerprint density at radius 3 is 2.47 bits per heavy atom. The van der Waals surface area contributed by atoms with Crippen LogP contribution in [0.2, 0.25) is 0 Å². The molecule has 4 heteroatoms. The van der Waals surface area contributed by atoms with Crippen LogP contribution < -0.4 is 11.1 Å². The molecule has 19 heavy (non-hydrogen) atoms. The van der Waals surface area contributed by atoms with Crippen LogP contribution in [0.15, 0.2) is 0 Å². The fourth-order valence-electron chi connectivity index (χ4n) is 3.01. The molecule has 0 unspecified atom stereocenters. The average molecular weight is 269 g/mol. The van der Waals surface area contributed by atoms with Gasteiger partial charge < -0.3 is 16.0 Å². The monoisotopic (exact) mass is 269 g/mol. The van der Waals surface area contributed by atoms with Gasteiger partial charge in [0.2, 0.25) is 0 Å². The lowest BCUT2D eigenvalue weighted by molar-refractivity contribution is 0.0861. The van der Waals surface area contributed by atoms with Gasteiger partial charge in [-0.05, 0) is 38.0 Å². The van der Waals surface area contributed by atoms with Crippen LogP contribution in [0.5, 0.6) is 0 Å². The Hall–Kier alpha value is -0.770. The lowest BCUT2D eigenvalue weighted by Crippen LogP contribution is -2.58. The Morgan fingerprint density at radius 2 is 2.00 bits per heavy atom. The minimum atomic E-state index is -0.123. The first-order chi connectivity index (χ1) is 9.09. The van der Waals surface area contributed by atoms with Crippen LogP contribution in [0.3, 0.4) is 0 Å². The maximum absolute atomic E-state index is 12.2. The predicted octanol–water partition coefficient (Wildman–Crippen LogP) is 2.73. The molecule has 0 aromatic carbocycles. The number of unbranched alkanes of at least 4 members (excludes halogenated alkanes) is 1. The molecule has 1 rings (SSSR count). The summed E-state index contributed by atoms with van der Waals surface area (Å²) in [4.78, 5) is 14.1. The van der Waals surface area contributed by atoms with Crippen molar-refractivity contribution in [3.8, 4) is 0 Å². The van der Waals surface area contributed by atoms with E-state index in [-0.39, 0.29) is 11.6 Å². The third-order valence-electron chi connectivity index (χ3n) is 4.82. The van der Waals surface area contributed by atoms with E-state index >= 15 is 0 Å². The van der Waals surface area contributed by atoms with Gasteiger partial charge >= 0.3 is 6.03 Å². The van der Waals surface area contributed by atoms with Crippen LogP contribution in [0.4, 0.5) is 4.79 Å². The van der Waals surface area contributed by atoms with E-state index in [0.717, 1.165) is 38.1 Å². The predicted molar refractivity (Wildman–Crippen MR) is 80.1 cm³/mol. The van der Waals surface area contributed by atoms with Crippen LogP contribution in [0, 0.1) is 5.92 Å². The normalized spacial score (nSPS) is 27.1. The van der Waals surface area contributed by atoms with Gasteiger partial charge in [0.1, 0.15) is 0 Å². The second kappa shape index (κ2) is 7.73. The number of likely N-dealkylation sites (N-methyl/N-ethyl adjacent to an activating group) is 1. The van der Waals surface area contributed by atoms with Crippen LogP contribution in [0.25, 0.3) is 0 Å². The number of amides is 2. The maximum atomic E-state index is 12.2. The molecule has 0 spiro atoms. The summed E-state index contributed by atoms with van der Waals surface area (Å²) in [5.74, 6) is 0.816. The van der Waals surface area contributed by atoms with Gasteiger partial charge in [-0.1, -0.05) is 26.7 Å². The Balaban J connectivity index is 2.55. The van der Waals surface area contributed by atoms with Crippen molar-refractivity contribution in [1.29, 1.82) is 0 Å². The number of carbonyl (C=O) groups excluding carboxylic acids is 1. The summed E-state index contributed by atoms with van der Waals surface area (Å²) >= 11 is 0. The smallest absolute Gasteiger partial charge is 0.317 e. The summed E-state index contributed by atoms with van der Waals surface area (Å²) in [6.45, 7) is 5.71. The number of nitrogens with one attached hydrogen (secondary N) is 1. The summed E-state index contributed by atoms with van der Waals surface area (Å²) in [5, 5.41) is 3.00. The molecule has 1 saturated carbocycles. The van der Waals surface area contributed by atoms with E-state index in [1.54, 1.807) is 0 Å². The van der Waals surface area contributed by atoms with E-state index in [1.165, 1.54) is 19.3 Å². The molecule has 1 aliphatic rings. The third-order valence-corrected chi connectivity index (χ3v) is 4.82. The van der Waals surface area contributed by atoms with Gasteiger partial charge in [-0.25, -0.2) is 4.79 Å². The molecular weight excluding hydrogens is 238 g/mol. The number of hydrogen-bond acceptors (Lipinski definition) is 2. The minimum absolute atomic E-state index is 0.0360. The number of urea groups is 1. The summed E-state index contributed by atoms with van der Waals surface area (Å²) in [6.07, 6.45) is 7.85. The number of nitrogens with zero attached hydrogens (tertiary/aromatic N) is 1. The molecule has 0 bridgehead atoms. The van der Waals surface area contributed by atoms with Crippen molar-refractivity contribution in [1.82, 2.24) is 10.2 Å². The van der Waals surface area contributed by atoms with E-state index in [9.17, 15) is 4.79 Å². The summed E-state index contributed by atoms with van der Waals surface area (Å²) < 4.78 is 0. The molecule has 4 nitrogen and oxygen atoms in total. The van der Waals surface area contributed by atoms with Gasteiger partial charge in [0.05, 0.1) is 5.54 Å². The first kappa shape index (κ1) is 16.3. The number of hydrogen-bond donors (Lipinski definition) is 2. The highest BCUT2D eigenvalue weighted by molar-refractivity contribution is 5.74. The van der Waals surface area contributed by atoms with E-state index in [0.29, 0.717) is 6.54 Å². The molecular formula is C15H31N3O. The summed E-state index contributed by atoms with van der Waals surface area (Å²) in [7, 11) is 1.90. The van der Waals surface area contributed by atoms with Gasteiger partial charge in [0.25, 0.3) is 0 Å². The van der Waals surface area contributed by atoms with Crippen molar-refractivity contribution in [2.45, 2.75) is 64.3 Å². The number of rotatable bonds is 6. The molecule has 0 aromatic rings. The van der Waals surface area contributed by atoms with Gasteiger partial charge in [-0.15, -0.1) is 0 Å². The zero-order valence-electron chi connectivity index (χ0n) is 12.9. The first-order valence-corrected chi connectivity index (χ1v) is 7.81. The molecule has 0 atom stereocenters. The fraction of sp³-hybridized carbons (Fsp3) is 0.933. The SMILES string of the molecule is CCCCNC(=O)N(C)C1(CN)CCC(CC)CC1. The Morgan fingerprint density at radius 1 is 1.37 bits per heavy atom. The van der Waals surface area contributed by atoms with Gasteiger partial charge in [-0.3, -0.25) is 0 Å². The van der Waals surface area contributed by atoms with Gasteiger partial charge in [0, 0.05) is 20.1 Å². The molecule has 0 aromatic heterocycles. The van der Waals surface area contributed by atoms with Crippen LogP contribution in [-0.2, 0) is 0 Å². The molecule has 0 saturated heterocycles. The zero-order valence-corrected chi connectivity index (χ0v) is 12.9. The molecule has 2 amide bonds. The van der Waals surface area contributed by atoms with Gasteiger partial charge in [-0.2, -0.15) is 0 Å². The minimum Gasteiger partial charge on any atom is -0.338 e. The molecule has 0 heterocycles. The van der Waals surface area contributed by atoms with E-state index < -0.39 is 0 Å². The lowest BCUT2D eigenvalue weighted by Gasteiger charge is -2.45. The average Bonchev–Trinajstić information content (AvgIpc) is 2.46. The summed E-state index contributed by atoms with van der Waals surface area (Å²) in [5.41, 5.74) is 5.87. The zero-order chi connectivity index (χ0) is 14.3. The standard InChI is InChI=1S/C15H31N3O/c1-4-6-11-17-14(19)18(3)15(12-16)9-7-13(5-2)8-10-15/h13H,4-12,16H2,1-3H3,(H,17,19). The highest BCUT2D eigenvalue weighted by Gasteiger charge is 2.39. The van der Waals surface area contributed by atoms with Crippen molar-refractivity contribution < 1.29 is 4.79 Å². The molecule has 0 radical (unpaired) electrons. The van der Waals surface area contributed by atoms with Crippen molar-refractivity contribution in [2.24, 2.45) is 11.7 Å². The largest absolute Gasteiger partial charge is 0.338 e. The van der Waals surface area contributed by atoms with Crippen molar-refractivity contribution in [2.75, 3.05) is 20.1 Å². The van der Waals surface area contributed by atoms with Crippen LogP contribution in [0.1, 0.15) is 58.8 Å². The Kier molecular flexibility index (Phi) is 6.63. The van der Waals surface area contributed by atoms with Gasteiger partial charge in [0.15, 0.2) is 0 Å². The number of nitrogens with two attached hydrogens (primary N) is 1. The molecule has 1 aliphatic carbocycles. The molecule has 112 valence electrons. The van der Waals surface area contributed by atoms with E-state index in [2.05, 4.69) is 19.2 Å². The fourth-order valence-corrected chi connectivity index (χ4v) is 3.01. The topological polar surface area (TPSA) is 58.4 Å². The lowest BCUT2D eigenvalue weighted by atomic mass is 9.75. The van der Waals surface area contributed by atoms with Crippen molar-refractivity contribution in [3.63, 3.8) is 0 Å². The second-order valence-electron chi connectivity index (χ2n) is 5.92.